The summed E-state index contributed by atoms with van der Waals surface area (Å²) in [7, 11) is 0. The van der Waals surface area contributed by atoms with Crippen molar-refractivity contribution in [3.05, 3.63) is 69.9 Å². The van der Waals surface area contributed by atoms with Crippen LogP contribution in [0.25, 0.3) is 10.9 Å². The van der Waals surface area contributed by atoms with Crippen LogP contribution in [-0.2, 0) is 0 Å². The molecule has 0 saturated heterocycles. The number of hydrogen-bond donors (Lipinski definition) is 1. The minimum atomic E-state index is -0.150. The van der Waals surface area contributed by atoms with Gasteiger partial charge in [-0.05, 0) is 12.1 Å². The molecule has 4 heteroatoms. The summed E-state index contributed by atoms with van der Waals surface area (Å²) < 4.78 is 0. The first-order valence-electron chi connectivity index (χ1n) is 6.16. The summed E-state index contributed by atoms with van der Waals surface area (Å²) in [6, 6.07) is 12.1. The summed E-state index contributed by atoms with van der Waals surface area (Å²) in [6.45, 7) is 0. The second kappa shape index (κ2) is 3.81. The Labute approximate surface area is 119 Å². The van der Waals surface area contributed by atoms with Crippen molar-refractivity contribution in [2.45, 2.75) is 0 Å². The number of H-pyrrole nitrogens is 1. The normalized spacial score (nSPS) is 13.4. The molecule has 1 N–H and O–H groups in total. The molecule has 0 spiro atoms. The lowest BCUT2D eigenvalue weighted by Gasteiger charge is -2.13. The highest BCUT2D eigenvalue weighted by atomic mass is 35.5. The van der Waals surface area contributed by atoms with E-state index in [1.165, 1.54) is 0 Å². The SMILES string of the molecule is O=C1c2ccccc2C(=O)c2c1[nH]c1cc(Cl)ccc21. The van der Waals surface area contributed by atoms with Crippen molar-refractivity contribution in [3.8, 4) is 0 Å². The molecule has 3 aromatic rings. The van der Waals surface area contributed by atoms with E-state index in [0.717, 1.165) is 5.39 Å². The van der Waals surface area contributed by atoms with Crippen molar-refractivity contribution in [2.75, 3.05) is 0 Å². The molecule has 3 nitrogen and oxygen atoms in total. The van der Waals surface area contributed by atoms with Crippen LogP contribution in [0.2, 0.25) is 5.02 Å². The van der Waals surface area contributed by atoms with Crippen LogP contribution in [0.4, 0.5) is 0 Å². The number of fused-ring (bicyclic) bond motifs is 4. The third-order valence-electron chi connectivity index (χ3n) is 3.63. The standard InChI is InChI=1S/C16H8ClNO2/c17-8-5-6-11-12(7-8)18-14-13(11)15(19)9-3-1-2-4-10(9)16(14)20/h1-7,18H. The molecule has 96 valence electrons. The quantitative estimate of drug-likeness (QED) is 0.535. The molecule has 0 aliphatic heterocycles. The Morgan fingerprint density at radius 1 is 0.900 bits per heavy atom. The molecular formula is C16H8ClNO2. The van der Waals surface area contributed by atoms with Crippen LogP contribution in [0.3, 0.4) is 0 Å². The minimum Gasteiger partial charge on any atom is -0.351 e. The highest BCUT2D eigenvalue weighted by Crippen LogP contribution is 2.33. The van der Waals surface area contributed by atoms with E-state index in [9.17, 15) is 9.59 Å². The zero-order valence-electron chi connectivity index (χ0n) is 10.2. The van der Waals surface area contributed by atoms with Gasteiger partial charge in [-0.15, -0.1) is 0 Å². The lowest BCUT2D eigenvalue weighted by molar-refractivity contribution is 0.0978. The Morgan fingerprint density at radius 3 is 2.35 bits per heavy atom. The Bertz CT molecular complexity index is 908. The smallest absolute Gasteiger partial charge is 0.210 e. The maximum atomic E-state index is 12.6. The van der Waals surface area contributed by atoms with Crippen molar-refractivity contribution in [2.24, 2.45) is 0 Å². The number of nitrogens with one attached hydrogen (secondary N) is 1. The molecule has 0 unspecified atom stereocenters. The van der Waals surface area contributed by atoms with Crippen LogP contribution in [-0.4, -0.2) is 16.6 Å². The van der Waals surface area contributed by atoms with Gasteiger partial charge in [0.05, 0.1) is 11.3 Å². The first kappa shape index (κ1) is 11.4. The van der Waals surface area contributed by atoms with Crippen LogP contribution < -0.4 is 0 Å². The Hall–Kier alpha value is -2.39. The van der Waals surface area contributed by atoms with Gasteiger partial charge in [-0.2, -0.15) is 0 Å². The number of aromatic nitrogens is 1. The van der Waals surface area contributed by atoms with Gasteiger partial charge in [-0.1, -0.05) is 41.9 Å². The largest absolute Gasteiger partial charge is 0.351 e. The van der Waals surface area contributed by atoms with E-state index in [1.807, 2.05) is 0 Å². The summed E-state index contributed by atoms with van der Waals surface area (Å²) in [6.07, 6.45) is 0. The molecule has 20 heavy (non-hydrogen) atoms. The predicted octanol–water partition coefficient (Wildman–Crippen LogP) is 3.60. The van der Waals surface area contributed by atoms with Crippen molar-refractivity contribution >= 4 is 34.1 Å². The second-order valence-electron chi connectivity index (χ2n) is 4.77. The number of carbonyl (C=O) groups is 2. The maximum absolute atomic E-state index is 12.6. The van der Waals surface area contributed by atoms with Gasteiger partial charge >= 0.3 is 0 Å². The molecule has 1 aromatic heterocycles. The maximum Gasteiger partial charge on any atom is 0.210 e. The third-order valence-corrected chi connectivity index (χ3v) is 3.87. The van der Waals surface area contributed by atoms with Crippen LogP contribution in [0, 0.1) is 0 Å². The molecule has 1 heterocycles. The van der Waals surface area contributed by atoms with E-state index in [0.29, 0.717) is 32.9 Å². The van der Waals surface area contributed by atoms with Gasteiger partial charge in [0.25, 0.3) is 0 Å². The number of rotatable bonds is 0. The van der Waals surface area contributed by atoms with Crippen LogP contribution in [0.1, 0.15) is 32.0 Å². The first-order chi connectivity index (χ1) is 9.66. The van der Waals surface area contributed by atoms with Gasteiger partial charge in [0, 0.05) is 27.1 Å². The molecule has 0 radical (unpaired) electrons. The average molecular weight is 282 g/mol. The van der Waals surface area contributed by atoms with Crippen LogP contribution in [0.5, 0.6) is 0 Å². The number of aromatic amines is 1. The predicted molar refractivity (Wildman–Crippen MR) is 76.6 cm³/mol. The molecule has 0 amide bonds. The molecule has 2 aromatic carbocycles. The van der Waals surface area contributed by atoms with Crippen molar-refractivity contribution in [1.29, 1.82) is 0 Å². The number of carbonyl (C=O) groups excluding carboxylic acids is 2. The van der Waals surface area contributed by atoms with Gasteiger partial charge in [-0.3, -0.25) is 9.59 Å². The number of ketones is 2. The van der Waals surface area contributed by atoms with E-state index in [-0.39, 0.29) is 11.6 Å². The van der Waals surface area contributed by atoms with Gasteiger partial charge in [0.2, 0.25) is 5.78 Å². The monoisotopic (exact) mass is 281 g/mol. The average Bonchev–Trinajstić information content (AvgIpc) is 2.83. The lowest BCUT2D eigenvalue weighted by Crippen LogP contribution is -2.19. The first-order valence-corrected chi connectivity index (χ1v) is 6.54. The summed E-state index contributed by atoms with van der Waals surface area (Å²) in [4.78, 5) is 28.1. The fraction of sp³-hybridized carbons (Fsp3) is 0. The van der Waals surface area contributed by atoms with E-state index in [1.54, 1.807) is 42.5 Å². The number of benzene rings is 2. The fourth-order valence-corrected chi connectivity index (χ4v) is 2.90. The second-order valence-corrected chi connectivity index (χ2v) is 5.21. The molecule has 0 fully saturated rings. The zero-order valence-corrected chi connectivity index (χ0v) is 11.0. The Morgan fingerprint density at radius 2 is 1.60 bits per heavy atom. The molecule has 1 aliphatic carbocycles. The number of hydrogen-bond acceptors (Lipinski definition) is 2. The summed E-state index contributed by atoms with van der Waals surface area (Å²) in [5.41, 5.74) is 2.41. The highest BCUT2D eigenvalue weighted by Gasteiger charge is 2.32. The van der Waals surface area contributed by atoms with Gasteiger partial charge in [-0.25, -0.2) is 0 Å². The summed E-state index contributed by atoms with van der Waals surface area (Å²) >= 11 is 5.95. The Balaban J connectivity index is 2.11. The molecular weight excluding hydrogens is 274 g/mol. The van der Waals surface area contributed by atoms with Gasteiger partial charge in [0.15, 0.2) is 5.78 Å². The van der Waals surface area contributed by atoms with Gasteiger partial charge < -0.3 is 4.98 Å². The van der Waals surface area contributed by atoms with Crippen molar-refractivity contribution < 1.29 is 9.59 Å². The third kappa shape index (κ3) is 1.35. The van der Waals surface area contributed by atoms with E-state index < -0.39 is 0 Å². The van der Waals surface area contributed by atoms with Crippen LogP contribution >= 0.6 is 11.6 Å². The highest BCUT2D eigenvalue weighted by molar-refractivity contribution is 6.34. The topological polar surface area (TPSA) is 49.9 Å². The molecule has 4 rings (SSSR count). The molecule has 0 atom stereocenters. The molecule has 1 aliphatic rings. The fourth-order valence-electron chi connectivity index (χ4n) is 2.72. The van der Waals surface area contributed by atoms with Gasteiger partial charge in [0.1, 0.15) is 0 Å². The Kier molecular flexibility index (Phi) is 2.18. The zero-order chi connectivity index (χ0) is 13.9. The van der Waals surface area contributed by atoms with Crippen LogP contribution in [0.15, 0.2) is 42.5 Å². The lowest BCUT2D eigenvalue weighted by atomic mass is 9.87. The molecule has 0 bridgehead atoms. The van der Waals surface area contributed by atoms with E-state index >= 15 is 0 Å². The van der Waals surface area contributed by atoms with E-state index in [2.05, 4.69) is 4.98 Å². The van der Waals surface area contributed by atoms with Crippen molar-refractivity contribution in [3.63, 3.8) is 0 Å². The minimum absolute atomic E-state index is 0.122. The van der Waals surface area contributed by atoms with E-state index in [4.69, 9.17) is 11.6 Å². The number of halogens is 1. The van der Waals surface area contributed by atoms with Crippen molar-refractivity contribution in [1.82, 2.24) is 4.98 Å². The summed E-state index contributed by atoms with van der Waals surface area (Å²) in [5, 5.41) is 1.30. The summed E-state index contributed by atoms with van der Waals surface area (Å²) in [5.74, 6) is -0.272. The molecule has 0 saturated carbocycles.